The molecule has 1 aliphatic carbocycles. The molecule has 2 fully saturated rings. The van der Waals surface area contributed by atoms with E-state index in [1.54, 1.807) is 0 Å². The summed E-state index contributed by atoms with van der Waals surface area (Å²) in [4.78, 5) is 11.3. The molecule has 6 nitrogen and oxygen atoms in total. The van der Waals surface area contributed by atoms with Crippen LogP contribution >= 0.6 is 0 Å². The standard InChI is InChI=1S/C14H26N2O4S/c1-11(12-7-3-2-4-8-12)15-21(19,20)16-10-6-5-9-13(16)14(17)18/h11-13,15H,2-10H2,1H3,(H,17,18)/t11-,13?/m1/s1. The highest BCUT2D eigenvalue weighted by Gasteiger charge is 2.38. The number of nitrogens with one attached hydrogen (secondary N) is 1. The molecule has 1 unspecified atom stereocenters. The van der Waals surface area contributed by atoms with E-state index in [1.165, 1.54) is 6.42 Å². The first-order chi connectivity index (χ1) is 9.92. The maximum Gasteiger partial charge on any atom is 0.322 e. The fourth-order valence-electron chi connectivity index (χ4n) is 3.47. The monoisotopic (exact) mass is 318 g/mol. The van der Waals surface area contributed by atoms with Crippen molar-refractivity contribution in [3.05, 3.63) is 0 Å². The van der Waals surface area contributed by atoms with Gasteiger partial charge in [-0.15, -0.1) is 0 Å². The van der Waals surface area contributed by atoms with Gasteiger partial charge in [0, 0.05) is 12.6 Å². The SMILES string of the molecule is C[C@@H](NS(=O)(=O)N1CCCCC1C(=O)O)C1CCCCC1. The maximum absolute atomic E-state index is 12.5. The van der Waals surface area contributed by atoms with E-state index in [-0.39, 0.29) is 6.04 Å². The molecule has 1 saturated carbocycles. The molecule has 1 heterocycles. The van der Waals surface area contributed by atoms with Crippen molar-refractivity contribution >= 4 is 16.2 Å². The summed E-state index contributed by atoms with van der Waals surface area (Å²) in [5.41, 5.74) is 0. The van der Waals surface area contributed by atoms with E-state index >= 15 is 0 Å². The third kappa shape index (κ3) is 4.17. The molecule has 7 heteroatoms. The van der Waals surface area contributed by atoms with Crippen molar-refractivity contribution in [1.29, 1.82) is 0 Å². The summed E-state index contributed by atoms with van der Waals surface area (Å²) in [5.74, 6) is -0.688. The van der Waals surface area contributed by atoms with E-state index < -0.39 is 22.2 Å². The van der Waals surface area contributed by atoms with Crippen LogP contribution in [0.25, 0.3) is 0 Å². The number of aliphatic carboxylic acids is 1. The van der Waals surface area contributed by atoms with Gasteiger partial charge < -0.3 is 5.11 Å². The predicted molar refractivity (Wildman–Crippen MR) is 80.1 cm³/mol. The Balaban J connectivity index is 2.03. The highest BCUT2D eigenvalue weighted by atomic mass is 32.2. The van der Waals surface area contributed by atoms with Gasteiger partial charge in [-0.2, -0.15) is 17.4 Å². The van der Waals surface area contributed by atoms with E-state index in [2.05, 4.69) is 4.72 Å². The second-order valence-electron chi connectivity index (χ2n) is 6.27. The molecule has 2 aliphatic rings. The van der Waals surface area contributed by atoms with Crippen LogP contribution in [-0.2, 0) is 15.0 Å². The van der Waals surface area contributed by atoms with Gasteiger partial charge in [-0.25, -0.2) is 0 Å². The lowest BCUT2D eigenvalue weighted by atomic mass is 9.85. The number of nitrogens with zero attached hydrogens (tertiary/aromatic N) is 1. The summed E-state index contributed by atoms with van der Waals surface area (Å²) < 4.78 is 28.9. The van der Waals surface area contributed by atoms with Crippen LogP contribution in [-0.4, -0.2) is 42.4 Å². The second-order valence-corrected chi connectivity index (χ2v) is 7.93. The van der Waals surface area contributed by atoms with Crippen molar-refractivity contribution in [2.75, 3.05) is 6.54 Å². The highest BCUT2D eigenvalue weighted by molar-refractivity contribution is 7.87. The Labute approximate surface area is 127 Å². The first-order valence-corrected chi connectivity index (χ1v) is 9.38. The van der Waals surface area contributed by atoms with Crippen LogP contribution in [0.2, 0.25) is 0 Å². The van der Waals surface area contributed by atoms with E-state index in [0.29, 0.717) is 18.9 Å². The van der Waals surface area contributed by atoms with Gasteiger partial charge in [-0.1, -0.05) is 19.3 Å². The Hall–Kier alpha value is -0.660. The summed E-state index contributed by atoms with van der Waals surface area (Å²) in [6.45, 7) is 2.19. The minimum atomic E-state index is -3.72. The smallest absolute Gasteiger partial charge is 0.322 e. The van der Waals surface area contributed by atoms with Gasteiger partial charge in [0.25, 0.3) is 10.2 Å². The molecule has 0 amide bonds. The summed E-state index contributed by atoms with van der Waals surface area (Å²) >= 11 is 0. The summed E-state index contributed by atoms with van der Waals surface area (Å²) in [6.07, 6.45) is 7.51. The lowest BCUT2D eigenvalue weighted by Gasteiger charge is -2.35. The molecular formula is C14H26N2O4S. The Morgan fingerprint density at radius 3 is 2.38 bits per heavy atom. The summed E-state index contributed by atoms with van der Waals surface area (Å²) in [6, 6.07) is -1.05. The van der Waals surface area contributed by atoms with E-state index in [1.807, 2.05) is 6.92 Å². The third-order valence-corrected chi connectivity index (χ3v) is 6.46. The zero-order valence-electron chi connectivity index (χ0n) is 12.6. The number of hydrogen-bond acceptors (Lipinski definition) is 3. The molecule has 122 valence electrons. The molecule has 0 bridgehead atoms. The molecule has 0 aromatic heterocycles. The van der Waals surface area contributed by atoms with Gasteiger partial charge >= 0.3 is 5.97 Å². The van der Waals surface area contributed by atoms with Crippen LogP contribution in [0.3, 0.4) is 0 Å². The number of carboxylic acids is 1. The minimum absolute atomic E-state index is 0.133. The van der Waals surface area contributed by atoms with Crippen LogP contribution in [0.1, 0.15) is 58.3 Å². The van der Waals surface area contributed by atoms with Crippen molar-refractivity contribution in [2.24, 2.45) is 5.92 Å². The van der Waals surface area contributed by atoms with E-state index in [9.17, 15) is 18.3 Å². The van der Waals surface area contributed by atoms with Crippen LogP contribution in [0.4, 0.5) is 0 Å². The molecule has 2 N–H and O–H groups in total. The average Bonchev–Trinajstić information content (AvgIpc) is 2.47. The van der Waals surface area contributed by atoms with Crippen molar-refractivity contribution in [3.8, 4) is 0 Å². The Bertz CT molecular complexity index is 460. The van der Waals surface area contributed by atoms with Crippen LogP contribution in [0, 0.1) is 5.92 Å². The van der Waals surface area contributed by atoms with Gasteiger partial charge in [-0.3, -0.25) is 4.79 Å². The number of piperidine rings is 1. The quantitative estimate of drug-likeness (QED) is 0.808. The Morgan fingerprint density at radius 2 is 1.76 bits per heavy atom. The van der Waals surface area contributed by atoms with Crippen molar-refractivity contribution in [3.63, 3.8) is 0 Å². The fraction of sp³-hybridized carbons (Fsp3) is 0.929. The molecule has 2 rings (SSSR count). The molecule has 21 heavy (non-hydrogen) atoms. The number of hydrogen-bond donors (Lipinski definition) is 2. The first-order valence-electron chi connectivity index (χ1n) is 7.93. The van der Waals surface area contributed by atoms with Crippen LogP contribution < -0.4 is 4.72 Å². The number of carboxylic acid groups (broad SMARTS) is 1. The lowest BCUT2D eigenvalue weighted by Crippen LogP contribution is -2.54. The Kier molecular flexibility index (Phi) is 5.62. The van der Waals surface area contributed by atoms with Gasteiger partial charge in [-0.05, 0) is 44.9 Å². The topological polar surface area (TPSA) is 86.7 Å². The van der Waals surface area contributed by atoms with Gasteiger partial charge in [0.05, 0.1) is 0 Å². The summed E-state index contributed by atoms with van der Waals surface area (Å²) in [5, 5.41) is 9.22. The number of rotatable bonds is 5. The second kappa shape index (κ2) is 7.07. The van der Waals surface area contributed by atoms with Crippen molar-refractivity contribution in [1.82, 2.24) is 9.03 Å². The molecule has 0 aromatic rings. The molecule has 1 saturated heterocycles. The molecule has 0 spiro atoms. The largest absolute Gasteiger partial charge is 0.480 e. The van der Waals surface area contributed by atoms with E-state index in [4.69, 9.17) is 0 Å². The minimum Gasteiger partial charge on any atom is -0.480 e. The molecule has 0 aromatic carbocycles. The fourth-order valence-corrected chi connectivity index (χ4v) is 5.17. The van der Waals surface area contributed by atoms with Gasteiger partial charge in [0.15, 0.2) is 0 Å². The Morgan fingerprint density at radius 1 is 1.14 bits per heavy atom. The molecule has 1 aliphatic heterocycles. The van der Waals surface area contributed by atoms with Crippen molar-refractivity contribution < 1.29 is 18.3 Å². The van der Waals surface area contributed by atoms with Crippen LogP contribution in [0.5, 0.6) is 0 Å². The van der Waals surface area contributed by atoms with E-state index in [0.717, 1.165) is 42.8 Å². The maximum atomic E-state index is 12.5. The van der Waals surface area contributed by atoms with Crippen molar-refractivity contribution in [2.45, 2.75) is 70.4 Å². The molecule has 0 radical (unpaired) electrons. The average molecular weight is 318 g/mol. The van der Waals surface area contributed by atoms with Gasteiger partial charge in [0.2, 0.25) is 0 Å². The van der Waals surface area contributed by atoms with Crippen LogP contribution in [0.15, 0.2) is 0 Å². The summed E-state index contributed by atoms with van der Waals surface area (Å²) in [7, 11) is -3.72. The predicted octanol–water partition coefficient (Wildman–Crippen LogP) is 1.73. The molecular weight excluding hydrogens is 292 g/mol. The lowest BCUT2D eigenvalue weighted by molar-refractivity contribution is -0.142. The zero-order chi connectivity index (χ0) is 15.5. The highest BCUT2D eigenvalue weighted by Crippen LogP contribution is 2.27. The third-order valence-electron chi connectivity index (χ3n) is 4.74. The number of carbonyl (C=O) groups is 1. The normalized spacial score (nSPS) is 27.4. The zero-order valence-corrected chi connectivity index (χ0v) is 13.4. The first kappa shape index (κ1) is 16.7. The van der Waals surface area contributed by atoms with Gasteiger partial charge in [0.1, 0.15) is 6.04 Å². The molecule has 2 atom stereocenters.